The van der Waals surface area contributed by atoms with Gasteiger partial charge in [-0.1, -0.05) is 0 Å². The van der Waals surface area contributed by atoms with Gasteiger partial charge in [-0.25, -0.2) is 5.84 Å². The van der Waals surface area contributed by atoms with Crippen LogP contribution in [0.1, 0.15) is 20.3 Å². The van der Waals surface area contributed by atoms with E-state index in [0.717, 1.165) is 13.0 Å². The summed E-state index contributed by atoms with van der Waals surface area (Å²) in [5.41, 5.74) is 2.15. The maximum Gasteiger partial charge on any atom is 0.246 e. The second-order valence-electron chi connectivity index (χ2n) is 3.19. The molecule has 1 saturated heterocycles. The Morgan fingerprint density at radius 1 is 1.77 bits per heavy atom. The van der Waals surface area contributed by atoms with Gasteiger partial charge in [0, 0.05) is 11.9 Å². The van der Waals surface area contributed by atoms with E-state index in [2.05, 4.69) is 5.43 Å². The first-order valence-corrected chi connectivity index (χ1v) is 5.37. The van der Waals surface area contributed by atoms with Crippen molar-refractivity contribution in [2.24, 2.45) is 5.84 Å². The highest BCUT2D eigenvalue weighted by Crippen LogP contribution is 2.29. The van der Waals surface area contributed by atoms with Crippen molar-refractivity contribution in [3.05, 3.63) is 0 Å². The number of nitrogens with two attached hydrogens (primary N) is 1. The minimum Gasteiger partial charge on any atom is -0.377 e. The molecule has 1 heterocycles. The van der Waals surface area contributed by atoms with Crippen LogP contribution in [0.15, 0.2) is 0 Å². The number of carbonyl (C=O) groups is 1. The normalized spacial score (nSPS) is 30.1. The molecule has 3 atom stereocenters. The Bertz CT molecular complexity index is 189. The summed E-state index contributed by atoms with van der Waals surface area (Å²) in [4.78, 5) is 11.1. The van der Waals surface area contributed by atoms with E-state index in [1.54, 1.807) is 11.8 Å². The molecule has 1 rings (SSSR count). The Hall–Kier alpha value is -0.260. The zero-order chi connectivity index (χ0) is 9.84. The van der Waals surface area contributed by atoms with Crippen LogP contribution in [0.4, 0.5) is 0 Å². The molecule has 13 heavy (non-hydrogen) atoms. The van der Waals surface area contributed by atoms with Gasteiger partial charge in [-0.15, -0.1) is 11.8 Å². The molecule has 0 bridgehead atoms. The first kappa shape index (κ1) is 10.8. The standard InChI is InChI=1S/C8H16N2O2S/c1-5-7(3-4-12-5)13-6(2)8(11)10-9/h5-7H,3-4,9H2,1-2H3,(H,10,11). The lowest BCUT2D eigenvalue weighted by molar-refractivity contribution is -0.120. The molecular formula is C8H16N2O2S. The van der Waals surface area contributed by atoms with Gasteiger partial charge in [-0.2, -0.15) is 0 Å². The quantitative estimate of drug-likeness (QED) is 0.393. The number of carbonyl (C=O) groups excluding carboxylic acids is 1. The molecule has 0 radical (unpaired) electrons. The minimum atomic E-state index is -0.121. The summed E-state index contributed by atoms with van der Waals surface area (Å²) in [7, 11) is 0. The third-order valence-corrected chi connectivity index (χ3v) is 3.79. The van der Waals surface area contributed by atoms with E-state index in [1.165, 1.54) is 0 Å². The van der Waals surface area contributed by atoms with Gasteiger partial charge in [-0.05, 0) is 20.3 Å². The molecule has 3 N–H and O–H groups in total. The second-order valence-corrected chi connectivity index (χ2v) is 4.77. The molecular weight excluding hydrogens is 188 g/mol. The molecule has 0 spiro atoms. The maximum atomic E-state index is 11.1. The molecule has 1 aliphatic heterocycles. The van der Waals surface area contributed by atoms with Crippen molar-refractivity contribution in [1.82, 2.24) is 5.43 Å². The summed E-state index contributed by atoms with van der Waals surface area (Å²) in [6.45, 7) is 4.70. The van der Waals surface area contributed by atoms with Crippen molar-refractivity contribution in [1.29, 1.82) is 0 Å². The summed E-state index contributed by atoms with van der Waals surface area (Å²) >= 11 is 1.63. The van der Waals surface area contributed by atoms with Gasteiger partial charge in [0.05, 0.1) is 11.4 Å². The molecule has 4 nitrogen and oxygen atoms in total. The van der Waals surface area contributed by atoms with E-state index in [0.29, 0.717) is 5.25 Å². The van der Waals surface area contributed by atoms with Crippen molar-refractivity contribution in [2.45, 2.75) is 36.9 Å². The smallest absolute Gasteiger partial charge is 0.246 e. The van der Waals surface area contributed by atoms with E-state index in [4.69, 9.17) is 10.6 Å². The average molecular weight is 204 g/mol. The second kappa shape index (κ2) is 4.83. The largest absolute Gasteiger partial charge is 0.377 e. The fraction of sp³-hybridized carbons (Fsp3) is 0.875. The van der Waals surface area contributed by atoms with Crippen LogP contribution in [-0.4, -0.2) is 29.1 Å². The molecule has 3 unspecified atom stereocenters. The van der Waals surface area contributed by atoms with Crippen molar-refractivity contribution in [3.63, 3.8) is 0 Å². The van der Waals surface area contributed by atoms with Gasteiger partial charge >= 0.3 is 0 Å². The lowest BCUT2D eigenvalue weighted by atomic mass is 10.3. The van der Waals surface area contributed by atoms with Crippen LogP contribution < -0.4 is 11.3 Å². The Kier molecular flexibility index (Phi) is 4.02. The Balaban J connectivity index is 2.34. The Morgan fingerprint density at radius 3 is 2.92 bits per heavy atom. The summed E-state index contributed by atoms with van der Waals surface area (Å²) in [6.07, 6.45) is 1.27. The lowest BCUT2D eigenvalue weighted by Crippen LogP contribution is -2.37. The van der Waals surface area contributed by atoms with Gasteiger partial charge in [0.15, 0.2) is 0 Å². The zero-order valence-electron chi connectivity index (χ0n) is 7.95. The average Bonchev–Trinajstić information content (AvgIpc) is 2.50. The molecule has 0 aromatic heterocycles. The van der Waals surface area contributed by atoms with E-state index in [-0.39, 0.29) is 17.3 Å². The van der Waals surface area contributed by atoms with Crippen LogP contribution in [-0.2, 0) is 9.53 Å². The fourth-order valence-electron chi connectivity index (χ4n) is 1.33. The maximum absolute atomic E-state index is 11.1. The monoisotopic (exact) mass is 204 g/mol. The number of thioether (sulfide) groups is 1. The third kappa shape index (κ3) is 2.86. The molecule has 0 aromatic carbocycles. The first-order valence-electron chi connectivity index (χ1n) is 4.42. The molecule has 0 aliphatic carbocycles. The van der Waals surface area contributed by atoms with Crippen LogP contribution in [0.25, 0.3) is 0 Å². The highest BCUT2D eigenvalue weighted by Gasteiger charge is 2.28. The van der Waals surface area contributed by atoms with Crippen molar-refractivity contribution in [3.8, 4) is 0 Å². The summed E-state index contributed by atoms with van der Waals surface area (Å²) in [5.74, 6) is 4.92. The first-order chi connectivity index (χ1) is 6.15. The van der Waals surface area contributed by atoms with Crippen LogP contribution in [0.5, 0.6) is 0 Å². The SMILES string of the molecule is CC(SC1CCOC1C)C(=O)NN. The Labute approximate surface area is 82.5 Å². The van der Waals surface area contributed by atoms with Gasteiger partial charge < -0.3 is 4.74 Å². The molecule has 1 aliphatic rings. The molecule has 76 valence electrons. The van der Waals surface area contributed by atoms with Crippen LogP contribution in [0.2, 0.25) is 0 Å². The number of hydrazine groups is 1. The summed E-state index contributed by atoms with van der Waals surface area (Å²) in [5, 5.41) is 0.325. The van der Waals surface area contributed by atoms with Crippen molar-refractivity contribution < 1.29 is 9.53 Å². The van der Waals surface area contributed by atoms with Crippen molar-refractivity contribution >= 4 is 17.7 Å². The highest BCUT2D eigenvalue weighted by atomic mass is 32.2. The van der Waals surface area contributed by atoms with Gasteiger partial charge in [0.1, 0.15) is 0 Å². The molecule has 1 amide bonds. The molecule has 1 fully saturated rings. The predicted molar refractivity (Wildman–Crippen MR) is 53.2 cm³/mol. The van der Waals surface area contributed by atoms with Gasteiger partial charge in [0.2, 0.25) is 5.91 Å². The molecule has 5 heteroatoms. The number of amides is 1. The zero-order valence-corrected chi connectivity index (χ0v) is 8.76. The highest BCUT2D eigenvalue weighted by molar-refractivity contribution is 8.01. The van der Waals surface area contributed by atoms with Crippen LogP contribution in [0, 0.1) is 0 Å². The predicted octanol–water partition coefficient (Wildman–Crippen LogP) is 0.275. The number of hydrogen-bond donors (Lipinski definition) is 2. The summed E-state index contributed by atoms with van der Waals surface area (Å²) in [6, 6.07) is 0. The Morgan fingerprint density at radius 2 is 2.46 bits per heavy atom. The number of rotatable bonds is 3. The van der Waals surface area contributed by atoms with E-state index in [1.807, 2.05) is 13.8 Å². The minimum absolute atomic E-state index is 0.0980. The van der Waals surface area contributed by atoms with Crippen LogP contribution in [0.3, 0.4) is 0 Å². The van der Waals surface area contributed by atoms with E-state index >= 15 is 0 Å². The third-order valence-electron chi connectivity index (χ3n) is 2.20. The van der Waals surface area contributed by atoms with Gasteiger partial charge in [0.25, 0.3) is 0 Å². The molecule has 0 aromatic rings. The lowest BCUT2D eigenvalue weighted by Gasteiger charge is -2.17. The van der Waals surface area contributed by atoms with Gasteiger partial charge in [-0.3, -0.25) is 10.2 Å². The van der Waals surface area contributed by atoms with Crippen LogP contribution >= 0.6 is 11.8 Å². The van der Waals surface area contributed by atoms with E-state index in [9.17, 15) is 4.79 Å². The number of nitrogens with one attached hydrogen (secondary N) is 1. The number of ether oxygens (including phenoxy) is 1. The molecule has 0 saturated carbocycles. The van der Waals surface area contributed by atoms with Crippen molar-refractivity contribution in [2.75, 3.05) is 6.61 Å². The summed E-state index contributed by atoms with van der Waals surface area (Å²) < 4.78 is 5.40. The topological polar surface area (TPSA) is 64.3 Å². The fourth-order valence-corrected chi connectivity index (χ4v) is 2.58. The van der Waals surface area contributed by atoms with E-state index < -0.39 is 0 Å². The number of hydrogen-bond acceptors (Lipinski definition) is 4.